The van der Waals surface area contributed by atoms with Crippen molar-refractivity contribution >= 4 is 0 Å². The van der Waals surface area contributed by atoms with Crippen LogP contribution in [0.2, 0.25) is 0 Å². The summed E-state index contributed by atoms with van der Waals surface area (Å²) in [6.45, 7) is 0.221. The van der Waals surface area contributed by atoms with Crippen LogP contribution < -0.4 is 17.0 Å². The predicted octanol–water partition coefficient (Wildman–Crippen LogP) is 0.183. The molecule has 94 valence electrons. The van der Waals surface area contributed by atoms with Crippen molar-refractivity contribution in [3.63, 3.8) is 0 Å². The number of nitrogens with two attached hydrogens (primary N) is 1. The van der Waals surface area contributed by atoms with Crippen LogP contribution in [0, 0.1) is 5.82 Å². The van der Waals surface area contributed by atoms with E-state index in [0.29, 0.717) is 11.1 Å². The van der Waals surface area contributed by atoms with Crippen LogP contribution in [0.1, 0.15) is 11.1 Å². The number of H-pyrrole nitrogens is 1. The van der Waals surface area contributed by atoms with E-state index in [9.17, 15) is 14.0 Å². The third-order valence-corrected chi connectivity index (χ3v) is 2.55. The highest BCUT2D eigenvalue weighted by Crippen LogP contribution is 2.04. The molecular weight excluding hydrogens is 237 g/mol. The molecular formula is C12H12FN3O2. The number of aromatic nitrogens is 2. The van der Waals surface area contributed by atoms with Gasteiger partial charge in [0.15, 0.2) is 0 Å². The summed E-state index contributed by atoms with van der Waals surface area (Å²) >= 11 is 0. The van der Waals surface area contributed by atoms with E-state index in [-0.39, 0.29) is 18.9 Å². The minimum atomic E-state index is -0.540. The van der Waals surface area contributed by atoms with Crippen LogP contribution in [0.5, 0.6) is 0 Å². The van der Waals surface area contributed by atoms with Crippen LogP contribution in [-0.2, 0) is 13.1 Å². The molecule has 0 atom stereocenters. The van der Waals surface area contributed by atoms with Crippen LogP contribution in [0.15, 0.2) is 40.1 Å². The monoisotopic (exact) mass is 249 g/mol. The maximum absolute atomic E-state index is 13.0. The van der Waals surface area contributed by atoms with Crippen LogP contribution in [-0.4, -0.2) is 9.55 Å². The van der Waals surface area contributed by atoms with Gasteiger partial charge in [0.1, 0.15) is 5.82 Å². The van der Waals surface area contributed by atoms with Gasteiger partial charge in [-0.25, -0.2) is 9.18 Å². The van der Waals surface area contributed by atoms with E-state index in [1.807, 2.05) is 0 Å². The SMILES string of the molecule is NCc1cn(Cc2cccc(F)c2)c(=O)[nH]c1=O. The lowest BCUT2D eigenvalue weighted by Gasteiger charge is -2.06. The Hall–Kier alpha value is -2.21. The Labute approximate surface area is 102 Å². The molecule has 0 fully saturated rings. The van der Waals surface area contributed by atoms with Crippen LogP contribution in [0.3, 0.4) is 0 Å². The second-order valence-electron chi connectivity index (χ2n) is 3.88. The smallest absolute Gasteiger partial charge is 0.326 e. The summed E-state index contributed by atoms with van der Waals surface area (Å²) in [6, 6.07) is 5.91. The Bertz CT molecular complexity index is 676. The summed E-state index contributed by atoms with van der Waals surface area (Å²) in [5, 5.41) is 0. The number of rotatable bonds is 3. The molecule has 0 saturated carbocycles. The van der Waals surface area contributed by atoms with Crippen LogP contribution >= 0.6 is 0 Å². The molecule has 1 aromatic heterocycles. The zero-order valence-electron chi connectivity index (χ0n) is 9.52. The normalized spacial score (nSPS) is 10.6. The molecule has 0 spiro atoms. The molecule has 0 saturated heterocycles. The van der Waals surface area contributed by atoms with E-state index in [2.05, 4.69) is 4.98 Å². The third-order valence-electron chi connectivity index (χ3n) is 2.55. The van der Waals surface area contributed by atoms with Crippen molar-refractivity contribution in [2.45, 2.75) is 13.1 Å². The molecule has 0 bridgehead atoms. The van der Waals surface area contributed by atoms with E-state index in [4.69, 9.17) is 5.73 Å². The number of nitrogens with one attached hydrogen (secondary N) is 1. The molecule has 0 radical (unpaired) electrons. The predicted molar refractivity (Wildman–Crippen MR) is 64.7 cm³/mol. The summed E-state index contributed by atoms with van der Waals surface area (Å²) < 4.78 is 14.3. The molecule has 18 heavy (non-hydrogen) atoms. The minimum absolute atomic E-state index is 0.0404. The molecule has 0 aliphatic rings. The summed E-state index contributed by atoms with van der Waals surface area (Å²) in [5.41, 5.74) is 5.31. The number of hydrogen-bond acceptors (Lipinski definition) is 3. The average Bonchev–Trinajstić information content (AvgIpc) is 2.33. The molecule has 2 aromatic rings. The van der Waals surface area contributed by atoms with Gasteiger partial charge < -0.3 is 5.73 Å². The first-order valence-corrected chi connectivity index (χ1v) is 5.37. The Morgan fingerprint density at radius 2 is 2.11 bits per heavy atom. The van der Waals surface area contributed by atoms with Gasteiger partial charge in [0.05, 0.1) is 6.54 Å². The van der Waals surface area contributed by atoms with Crippen molar-refractivity contribution in [1.29, 1.82) is 0 Å². The van der Waals surface area contributed by atoms with E-state index in [1.54, 1.807) is 12.1 Å². The summed E-state index contributed by atoms with van der Waals surface area (Å²) in [6.07, 6.45) is 1.39. The van der Waals surface area contributed by atoms with E-state index in [1.165, 1.54) is 22.9 Å². The molecule has 1 aromatic carbocycles. The lowest BCUT2D eigenvalue weighted by atomic mass is 10.2. The minimum Gasteiger partial charge on any atom is -0.326 e. The molecule has 0 amide bonds. The zero-order valence-corrected chi connectivity index (χ0v) is 9.52. The van der Waals surface area contributed by atoms with E-state index < -0.39 is 11.2 Å². The molecule has 5 nitrogen and oxygen atoms in total. The topological polar surface area (TPSA) is 80.9 Å². The van der Waals surface area contributed by atoms with Crippen molar-refractivity contribution in [3.05, 3.63) is 68.2 Å². The Kier molecular flexibility index (Phi) is 3.38. The molecule has 1 heterocycles. The standard InChI is InChI=1S/C12H12FN3O2/c13-10-3-1-2-8(4-10)6-16-7-9(5-14)11(17)15-12(16)18/h1-4,7H,5-6,14H2,(H,15,17,18). The van der Waals surface area contributed by atoms with Crippen LogP contribution in [0.4, 0.5) is 4.39 Å². The zero-order chi connectivity index (χ0) is 13.1. The molecule has 2 rings (SSSR count). The molecule has 6 heteroatoms. The lowest BCUT2D eigenvalue weighted by Crippen LogP contribution is -2.32. The maximum atomic E-state index is 13.0. The quantitative estimate of drug-likeness (QED) is 0.814. The van der Waals surface area contributed by atoms with Gasteiger partial charge in [0, 0.05) is 18.3 Å². The summed E-state index contributed by atoms with van der Waals surface area (Å²) in [4.78, 5) is 25.1. The first-order valence-electron chi connectivity index (χ1n) is 5.37. The number of nitrogens with zero attached hydrogens (tertiary/aromatic N) is 1. The van der Waals surface area contributed by atoms with Gasteiger partial charge in [-0.15, -0.1) is 0 Å². The number of halogens is 1. The largest absolute Gasteiger partial charge is 0.328 e. The van der Waals surface area contributed by atoms with Gasteiger partial charge >= 0.3 is 5.69 Å². The first-order chi connectivity index (χ1) is 8.60. The number of benzene rings is 1. The van der Waals surface area contributed by atoms with Crippen LogP contribution in [0.25, 0.3) is 0 Å². The highest BCUT2D eigenvalue weighted by molar-refractivity contribution is 5.17. The second kappa shape index (κ2) is 4.97. The second-order valence-corrected chi connectivity index (χ2v) is 3.88. The van der Waals surface area contributed by atoms with Gasteiger partial charge in [-0.1, -0.05) is 12.1 Å². The van der Waals surface area contributed by atoms with Crippen molar-refractivity contribution in [3.8, 4) is 0 Å². The molecule has 0 aliphatic heterocycles. The molecule has 3 N–H and O–H groups in total. The molecule has 0 unspecified atom stereocenters. The highest BCUT2D eigenvalue weighted by atomic mass is 19.1. The fraction of sp³-hybridized carbons (Fsp3) is 0.167. The van der Waals surface area contributed by atoms with Crippen molar-refractivity contribution in [2.24, 2.45) is 5.73 Å². The maximum Gasteiger partial charge on any atom is 0.328 e. The van der Waals surface area contributed by atoms with Crippen molar-refractivity contribution in [2.75, 3.05) is 0 Å². The average molecular weight is 249 g/mol. The Balaban J connectivity index is 2.40. The Morgan fingerprint density at radius 3 is 2.78 bits per heavy atom. The summed E-state index contributed by atoms with van der Waals surface area (Å²) in [5.74, 6) is -0.371. The summed E-state index contributed by atoms with van der Waals surface area (Å²) in [7, 11) is 0. The lowest BCUT2D eigenvalue weighted by molar-refractivity contribution is 0.621. The first kappa shape index (κ1) is 12.3. The molecule has 0 aliphatic carbocycles. The Morgan fingerprint density at radius 1 is 1.33 bits per heavy atom. The van der Waals surface area contributed by atoms with Gasteiger partial charge in [-0.3, -0.25) is 14.3 Å². The fourth-order valence-corrected chi connectivity index (χ4v) is 1.65. The fourth-order valence-electron chi connectivity index (χ4n) is 1.65. The van der Waals surface area contributed by atoms with E-state index >= 15 is 0 Å². The van der Waals surface area contributed by atoms with Crippen molar-refractivity contribution in [1.82, 2.24) is 9.55 Å². The van der Waals surface area contributed by atoms with Gasteiger partial charge in [0.2, 0.25) is 0 Å². The van der Waals surface area contributed by atoms with E-state index in [0.717, 1.165) is 0 Å². The number of hydrogen-bond donors (Lipinski definition) is 2. The van der Waals surface area contributed by atoms with Gasteiger partial charge in [-0.05, 0) is 17.7 Å². The number of aromatic amines is 1. The van der Waals surface area contributed by atoms with Gasteiger partial charge in [0.25, 0.3) is 5.56 Å². The third kappa shape index (κ3) is 2.54. The highest BCUT2D eigenvalue weighted by Gasteiger charge is 2.04. The van der Waals surface area contributed by atoms with Gasteiger partial charge in [-0.2, -0.15) is 0 Å². The van der Waals surface area contributed by atoms with Crippen molar-refractivity contribution < 1.29 is 4.39 Å².